The van der Waals surface area contributed by atoms with E-state index in [2.05, 4.69) is 15.0 Å². The van der Waals surface area contributed by atoms with Crippen molar-refractivity contribution in [1.29, 1.82) is 0 Å². The van der Waals surface area contributed by atoms with Crippen LogP contribution < -0.4 is 5.56 Å². The van der Waals surface area contributed by atoms with Gasteiger partial charge in [0.15, 0.2) is 5.65 Å². The van der Waals surface area contributed by atoms with Gasteiger partial charge in [0, 0.05) is 30.6 Å². The molecule has 3 rings (SSSR count). The monoisotopic (exact) mass is 280 g/mol. The van der Waals surface area contributed by atoms with Gasteiger partial charge in [-0.3, -0.25) is 14.3 Å². The number of hydrogen-bond acceptors (Lipinski definition) is 4. The Morgan fingerprint density at radius 1 is 1.14 bits per heavy atom. The van der Waals surface area contributed by atoms with E-state index in [1.54, 1.807) is 35.4 Å². The Morgan fingerprint density at radius 3 is 2.71 bits per heavy atom. The molecule has 0 radical (unpaired) electrons. The van der Waals surface area contributed by atoms with Crippen LogP contribution in [0.3, 0.4) is 0 Å². The molecule has 3 heterocycles. The molecule has 0 bridgehead atoms. The molecule has 0 spiro atoms. The van der Waals surface area contributed by atoms with Crippen LogP contribution in [0.1, 0.15) is 24.2 Å². The van der Waals surface area contributed by atoms with Crippen molar-refractivity contribution in [2.24, 2.45) is 0 Å². The fourth-order valence-corrected chi connectivity index (χ4v) is 2.40. The number of pyridine rings is 2. The van der Waals surface area contributed by atoms with Crippen LogP contribution in [0, 0.1) is 6.92 Å². The molecule has 3 aromatic rings. The third-order valence-corrected chi connectivity index (χ3v) is 3.64. The average Bonchev–Trinajstić information content (AvgIpc) is 2.50. The van der Waals surface area contributed by atoms with Gasteiger partial charge in [-0.15, -0.1) is 0 Å². The van der Waals surface area contributed by atoms with Crippen molar-refractivity contribution in [2.75, 3.05) is 0 Å². The van der Waals surface area contributed by atoms with Crippen LogP contribution in [0.25, 0.3) is 11.0 Å². The highest BCUT2D eigenvalue weighted by Gasteiger charge is 2.12. The van der Waals surface area contributed by atoms with Gasteiger partial charge in [0.25, 0.3) is 5.56 Å². The van der Waals surface area contributed by atoms with Crippen molar-refractivity contribution in [2.45, 2.75) is 26.3 Å². The molecule has 0 aliphatic heterocycles. The van der Waals surface area contributed by atoms with Crippen LogP contribution in [0.4, 0.5) is 0 Å². The Balaban J connectivity index is 1.99. The van der Waals surface area contributed by atoms with Crippen LogP contribution >= 0.6 is 0 Å². The molecule has 0 amide bonds. The van der Waals surface area contributed by atoms with E-state index >= 15 is 0 Å². The zero-order valence-electron chi connectivity index (χ0n) is 12.0. The summed E-state index contributed by atoms with van der Waals surface area (Å²) >= 11 is 0. The number of rotatable bonds is 3. The van der Waals surface area contributed by atoms with E-state index in [4.69, 9.17) is 0 Å². The second-order valence-corrected chi connectivity index (χ2v) is 5.15. The predicted molar refractivity (Wildman–Crippen MR) is 81.2 cm³/mol. The molecule has 0 aromatic carbocycles. The lowest BCUT2D eigenvalue weighted by atomic mass is 10.1. The van der Waals surface area contributed by atoms with Crippen LogP contribution in [-0.4, -0.2) is 19.5 Å². The summed E-state index contributed by atoms with van der Waals surface area (Å²) in [6.07, 6.45) is 5.68. The lowest BCUT2D eigenvalue weighted by Gasteiger charge is -2.15. The van der Waals surface area contributed by atoms with Gasteiger partial charge < -0.3 is 0 Å². The highest BCUT2D eigenvalue weighted by atomic mass is 16.1. The van der Waals surface area contributed by atoms with E-state index in [-0.39, 0.29) is 11.6 Å². The second kappa shape index (κ2) is 5.44. The summed E-state index contributed by atoms with van der Waals surface area (Å²) < 4.78 is 1.65. The minimum atomic E-state index is -0.0609. The van der Waals surface area contributed by atoms with Gasteiger partial charge in [-0.1, -0.05) is 6.07 Å². The number of aromatic nitrogens is 4. The Kier molecular flexibility index (Phi) is 3.48. The third kappa shape index (κ3) is 2.54. The minimum Gasteiger partial charge on any atom is -0.295 e. The smallest absolute Gasteiger partial charge is 0.263 e. The maximum absolute atomic E-state index is 12.5. The van der Waals surface area contributed by atoms with E-state index in [0.717, 1.165) is 11.3 Å². The normalized spacial score (nSPS) is 12.5. The summed E-state index contributed by atoms with van der Waals surface area (Å²) in [7, 11) is 0. The molecular weight excluding hydrogens is 264 g/mol. The number of hydrogen-bond donors (Lipinski definition) is 0. The zero-order chi connectivity index (χ0) is 14.8. The van der Waals surface area contributed by atoms with Gasteiger partial charge in [-0.25, -0.2) is 9.97 Å². The highest BCUT2D eigenvalue weighted by molar-refractivity contribution is 5.72. The fraction of sp³-hybridized carbons (Fsp3) is 0.250. The lowest BCUT2D eigenvalue weighted by Crippen LogP contribution is -2.25. The van der Waals surface area contributed by atoms with E-state index < -0.39 is 0 Å². The summed E-state index contributed by atoms with van der Waals surface area (Å²) in [5.41, 5.74) is 2.56. The van der Waals surface area contributed by atoms with Gasteiger partial charge in [0.05, 0.1) is 5.39 Å². The van der Waals surface area contributed by atoms with Crippen LogP contribution in [-0.2, 0) is 6.42 Å². The molecule has 0 saturated heterocycles. The molecule has 1 unspecified atom stereocenters. The SMILES string of the molecule is Cc1cccnc1CC(C)n1cnc2ncccc2c1=O. The summed E-state index contributed by atoms with van der Waals surface area (Å²) in [5, 5.41) is 0.546. The summed E-state index contributed by atoms with van der Waals surface area (Å²) in [5.74, 6) is 0. The molecule has 5 heteroatoms. The molecule has 0 saturated carbocycles. The van der Waals surface area contributed by atoms with E-state index in [1.165, 1.54) is 0 Å². The lowest BCUT2D eigenvalue weighted by molar-refractivity contribution is 0.516. The molecule has 0 fully saturated rings. The first kappa shape index (κ1) is 13.4. The topological polar surface area (TPSA) is 60.7 Å². The first-order chi connectivity index (χ1) is 10.2. The van der Waals surface area contributed by atoms with Gasteiger partial charge in [0.1, 0.15) is 6.33 Å². The van der Waals surface area contributed by atoms with Crippen LogP contribution in [0.5, 0.6) is 0 Å². The Labute approximate surface area is 122 Å². The van der Waals surface area contributed by atoms with Gasteiger partial charge >= 0.3 is 0 Å². The number of nitrogens with zero attached hydrogens (tertiary/aromatic N) is 4. The molecule has 5 nitrogen and oxygen atoms in total. The van der Waals surface area contributed by atoms with Crippen molar-refractivity contribution >= 4 is 11.0 Å². The summed E-state index contributed by atoms with van der Waals surface area (Å²) in [6, 6.07) is 7.44. The van der Waals surface area contributed by atoms with Crippen molar-refractivity contribution in [3.05, 3.63) is 64.6 Å². The van der Waals surface area contributed by atoms with Crippen molar-refractivity contribution < 1.29 is 0 Å². The highest BCUT2D eigenvalue weighted by Crippen LogP contribution is 2.14. The van der Waals surface area contributed by atoms with E-state index in [9.17, 15) is 4.79 Å². The molecular formula is C16H16N4O. The Morgan fingerprint density at radius 2 is 1.90 bits per heavy atom. The second-order valence-electron chi connectivity index (χ2n) is 5.15. The number of aryl methyl sites for hydroxylation is 1. The maximum Gasteiger partial charge on any atom is 0.263 e. The van der Waals surface area contributed by atoms with Crippen LogP contribution in [0.2, 0.25) is 0 Å². The standard InChI is InChI=1S/C16H16N4O/c1-11-5-3-7-17-14(11)9-12(2)20-10-19-15-13(16(20)21)6-4-8-18-15/h3-8,10,12H,9H2,1-2H3. The largest absolute Gasteiger partial charge is 0.295 e. The molecule has 21 heavy (non-hydrogen) atoms. The minimum absolute atomic E-state index is 0.0109. The fourth-order valence-electron chi connectivity index (χ4n) is 2.40. The van der Waals surface area contributed by atoms with E-state index in [1.807, 2.05) is 26.0 Å². The molecule has 0 aliphatic rings. The van der Waals surface area contributed by atoms with Crippen molar-refractivity contribution in [1.82, 2.24) is 19.5 Å². The maximum atomic E-state index is 12.5. The Hall–Kier alpha value is -2.56. The van der Waals surface area contributed by atoms with Gasteiger partial charge in [-0.05, 0) is 37.6 Å². The molecule has 0 N–H and O–H groups in total. The molecule has 0 aliphatic carbocycles. The molecule has 3 aromatic heterocycles. The van der Waals surface area contributed by atoms with Gasteiger partial charge in [0.2, 0.25) is 0 Å². The predicted octanol–water partition coefficient (Wildman–Crippen LogP) is 2.30. The Bertz CT molecular complexity index is 841. The van der Waals surface area contributed by atoms with Crippen molar-refractivity contribution in [3.63, 3.8) is 0 Å². The molecule has 1 atom stereocenters. The zero-order valence-corrected chi connectivity index (χ0v) is 12.0. The van der Waals surface area contributed by atoms with E-state index in [0.29, 0.717) is 17.5 Å². The van der Waals surface area contributed by atoms with Crippen molar-refractivity contribution in [3.8, 4) is 0 Å². The first-order valence-electron chi connectivity index (χ1n) is 6.89. The summed E-state index contributed by atoms with van der Waals surface area (Å²) in [4.78, 5) is 25.3. The summed E-state index contributed by atoms with van der Waals surface area (Å²) in [6.45, 7) is 4.03. The molecule has 106 valence electrons. The van der Waals surface area contributed by atoms with Crippen LogP contribution in [0.15, 0.2) is 47.8 Å². The quantitative estimate of drug-likeness (QED) is 0.738. The third-order valence-electron chi connectivity index (χ3n) is 3.64. The van der Waals surface area contributed by atoms with Gasteiger partial charge in [-0.2, -0.15) is 0 Å². The average molecular weight is 280 g/mol. The first-order valence-corrected chi connectivity index (χ1v) is 6.89. The number of fused-ring (bicyclic) bond motifs is 1.